The highest BCUT2D eigenvalue weighted by Gasteiger charge is 2.19. The van der Waals surface area contributed by atoms with Crippen LogP contribution in [0.3, 0.4) is 0 Å². The number of rotatable bonds is 6. The fourth-order valence-corrected chi connectivity index (χ4v) is 0.522. The fourth-order valence-electron chi connectivity index (χ4n) is 0.522. The van der Waals surface area contributed by atoms with Crippen molar-refractivity contribution in [3.05, 3.63) is 0 Å². The molecule has 2 atom stereocenters. The third-order valence-electron chi connectivity index (χ3n) is 1.26. The number of aliphatic hydroxyl groups is 5. The van der Waals surface area contributed by atoms with Gasteiger partial charge in [-0.2, -0.15) is 0 Å². The van der Waals surface area contributed by atoms with Crippen LogP contribution in [-0.4, -0.2) is 63.9 Å². The number of aliphatic hydroxyl groups excluding tert-OH is 5. The van der Waals surface area contributed by atoms with Gasteiger partial charge in [0.1, 0.15) is 12.2 Å². The van der Waals surface area contributed by atoms with E-state index in [0.717, 1.165) is 0 Å². The number of ether oxygens (including phenoxy) is 1. The van der Waals surface area contributed by atoms with Crippen LogP contribution in [0, 0.1) is 0 Å². The van der Waals surface area contributed by atoms with Crippen LogP contribution >= 0.6 is 0 Å². The maximum atomic E-state index is 8.90. The fraction of sp³-hybridized carbons (Fsp3) is 1.00. The van der Waals surface area contributed by atoms with Crippen molar-refractivity contribution in [2.24, 2.45) is 0 Å². The summed E-state index contributed by atoms with van der Waals surface area (Å²) >= 11 is 0. The molecule has 6 nitrogen and oxygen atoms in total. The normalized spacial score (nSPS) is 16.5. The summed E-state index contributed by atoms with van der Waals surface area (Å²) in [7, 11) is 0. The molecular formula is C6H14O6. The van der Waals surface area contributed by atoms with Crippen molar-refractivity contribution in [3.63, 3.8) is 0 Å². The monoisotopic (exact) mass is 182 g/mol. The van der Waals surface area contributed by atoms with Gasteiger partial charge in [-0.1, -0.05) is 0 Å². The highest BCUT2D eigenvalue weighted by molar-refractivity contribution is 4.60. The van der Waals surface area contributed by atoms with Crippen molar-refractivity contribution in [2.45, 2.75) is 18.5 Å². The van der Waals surface area contributed by atoms with Gasteiger partial charge in [0.2, 0.25) is 0 Å². The van der Waals surface area contributed by atoms with Gasteiger partial charge in [-0.3, -0.25) is 0 Å². The van der Waals surface area contributed by atoms with E-state index in [-0.39, 0.29) is 0 Å². The molecule has 6 heteroatoms. The van der Waals surface area contributed by atoms with E-state index in [1.165, 1.54) is 0 Å². The molecule has 0 aromatic carbocycles. The van der Waals surface area contributed by atoms with Gasteiger partial charge in [-0.15, -0.1) is 0 Å². The highest BCUT2D eigenvalue weighted by Crippen LogP contribution is 1.99. The Morgan fingerprint density at radius 3 is 1.75 bits per heavy atom. The minimum absolute atomic E-state index is 0.467. The average Bonchev–Trinajstić information content (AvgIpc) is 2.12. The first-order chi connectivity index (χ1) is 5.65. The Labute approximate surface area is 69.6 Å². The van der Waals surface area contributed by atoms with Gasteiger partial charge in [0, 0.05) is 0 Å². The third kappa shape index (κ3) is 3.96. The molecule has 0 spiro atoms. The smallest absolute Gasteiger partial charge is 0.183 e. The first kappa shape index (κ1) is 11.8. The zero-order valence-corrected chi connectivity index (χ0v) is 6.50. The van der Waals surface area contributed by atoms with Gasteiger partial charge in [0.15, 0.2) is 6.29 Å². The van der Waals surface area contributed by atoms with Gasteiger partial charge >= 0.3 is 0 Å². The van der Waals surface area contributed by atoms with Crippen molar-refractivity contribution in [1.29, 1.82) is 0 Å². The molecule has 0 aromatic heterocycles. The standard InChI is InChI=1S/C6H14O6/c7-1-4(2-8)12-6(11)5(10)3-9/h4-11H,1-3H2. The predicted octanol–water partition coefficient (Wildman–Crippen LogP) is -2.97. The molecule has 0 saturated carbocycles. The second-order valence-electron chi connectivity index (χ2n) is 2.26. The minimum Gasteiger partial charge on any atom is -0.394 e. The van der Waals surface area contributed by atoms with E-state index in [4.69, 9.17) is 25.5 Å². The van der Waals surface area contributed by atoms with Crippen LogP contribution in [0.5, 0.6) is 0 Å². The molecule has 5 N–H and O–H groups in total. The van der Waals surface area contributed by atoms with Crippen LogP contribution < -0.4 is 0 Å². The molecule has 74 valence electrons. The van der Waals surface area contributed by atoms with Gasteiger partial charge < -0.3 is 30.3 Å². The van der Waals surface area contributed by atoms with Gasteiger partial charge in [-0.25, -0.2) is 0 Å². The maximum absolute atomic E-state index is 8.90. The van der Waals surface area contributed by atoms with Crippen LogP contribution in [0.25, 0.3) is 0 Å². The van der Waals surface area contributed by atoms with E-state index in [1.807, 2.05) is 0 Å². The molecular weight excluding hydrogens is 168 g/mol. The Balaban J connectivity index is 3.72. The molecule has 0 fully saturated rings. The van der Waals surface area contributed by atoms with E-state index in [2.05, 4.69) is 4.74 Å². The highest BCUT2D eigenvalue weighted by atomic mass is 16.6. The van der Waals surface area contributed by atoms with E-state index >= 15 is 0 Å². The van der Waals surface area contributed by atoms with Gasteiger partial charge in [0.05, 0.1) is 19.8 Å². The molecule has 0 saturated heterocycles. The summed E-state index contributed by atoms with van der Waals surface area (Å²) in [5, 5.41) is 43.0. The van der Waals surface area contributed by atoms with Crippen molar-refractivity contribution >= 4 is 0 Å². The Bertz CT molecular complexity index is 104. The molecule has 0 rings (SSSR count). The van der Waals surface area contributed by atoms with Crippen molar-refractivity contribution in [1.82, 2.24) is 0 Å². The zero-order valence-electron chi connectivity index (χ0n) is 6.50. The van der Waals surface area contributed by atoms with Crippen LogP contribution in [0.2, 0.25) is 0 Å². The van der Waals surface area contributed by atoms with Gasteiger partial charge in [0.25, 0.3) is 0 Å². The van der Waals surface area contributed by atoms with E-state index in [1.54, 1.807) is 0 Å². The van der Waals surface area contributed by atoms with Crippen molar-refractivity contribution in [2.75, 3.05) is 19.8 Å². The second kappa shape index (κ2) is 6.30. The lowest BCUT2D eigenvalue weighted by molar-refractivity contribution is -0.207. The molecule has 0 heterocycles. The van der Waals surface area contributed by atoms with E-state index in [9.17, 15) is 0 Å². The Kier molecular flexibility index (Phi) is 6.17. The molecule has 0 aromatic rings. The summed E-state index contributed by atoms with van der Waals surface area (Å²) in [6.07, 6.45) is -3.97. The second-order valence-corrected chi connectivity index (χ2v) is 2.26. The SMILES string of the molecule is OCC(CO)OC(O)C(O)CO. The average molecular weight is 182 g/mol. The quantitative estimate of drug-likeness (QED) is 0.280. The summed E-state index contributed by atoms with van der Waals surface area (Å²) in [5.74, 6) is 0. The van der Waals surface area contributed by atoms with Crippen LogP contribution in [0.4, 0.5) is 0 Å². The number of hydrogen-bond donors (Lipinski definition) is 5. The van der Waals surface area contributed by atoms with E-state index < -0.39 is 38.3 Å². The van der Waals surface area contributed by atoms with Crippen LogP contribution in [0.1, 0.15) is 0 Å². The van der Waals surface area contributed by atoms with Crippen LogP contribution in [0.15, 0.2) is 0 Å². The minimum atomic E-state index is -1.60. The summed E-state index contributed by atoms with van der Waals surface area (Å²) in [6, 6.07) is 0. The Morgan fingerprint density at radius 1 is 0.917 bits per heavy atom. The first-order valence-electron chi connectivity index (χ1n) is 3.49. The lowest BCUT2D eigenvalue weighted by Crippen LogP contribution is -2.37. The molecule has 2 unspecified atom stereocenters. The van der Waals surface area contributed by atoms with Crippen molar-refractivity contribution < 1.29 is 30.3 Å². The lowest BCUT2D eigenvalue weighted by Gasteiger charge is -2.20. The maximum Gasteiger partial charge on any atom is 0.183 e. The largest absolute Gasteiger partial charge is 0.394 e. The summed E-state index contributed by atoms with van der Waals surface area (Å²) in [4.78, 5) is 0. The molecule has 0 aliphatic carbocycles. The summed E-state index contributed by atoms with van der Waals surface area (Å²) in [6.45, 7) is -1.58. The Hall–Kier alpha value is -0.240. The van der Waals surface area contributed by atoms with E-state index in [0.29, 0.717) is 0 Å². The Morgan fingerprint density at radius 2 is 1.42 bits per heavy atom. The van der Waals surface area contributed by atoms with Gasteiger partial charge in [-0.05, 0) is 0 Å². The lowest BCUT2D eigenvalue weighted by atomic mass is 10.3. The zero-order chi connectivity index (χ0) is 9.56. The molecule has 12 heavy (non-hydrogen) atoms. The first-order valence-corrected chi connectivity index (χ1v) is 3.49. The molecule has 0 aliphatic rings. The molecule has 0 bridgehead atoms. The van der Waals surface area contributed by atoms with Crippen LogP contribution in [-0.2, 0) is 4.74 Å². The number of hydrogen-bond acceptors (Lipinski definition) is 6. The third-order valence-corrected chi connectivity index (χ3v) is 1.26. The summed E-state index contributed by atoms with van der Waals surface area (Å²) in [5.41, 5.74) is 0. The summed E-state index contributed by atoms with van der Waals surface area (Å²) < 4.78 is 4.55. The molecule has 0 radical (unpaired) electrons. The topological polar surface area (TPSA) is 110 Å². The van der Waals surface area contributed by atoms with Crippen molar-refractivity contribution in [3.8, 4) is 0 Å². The predicted molar refractivity (Wildman–Crippen MR) is 38.1 cm³/mol. The molecule has 0 aliphatic heterocycles. The molecule has 0 amide bonds.